The first-order chi connectivity index (χ1) is 8.65. The Bertz CT molecular complexity index is 367. The highest BCUT2D eigenvalue weighted by atomic mass is 19.3. The third-order valence-corrected chi connectivity index (χ3v) is 3.47. The van der Waals surface area contributed by atoms with Gasteiger partial charge in [-0.15, -0.1) is 0 Å². The molecule has 0 radical (unpaired) electrons. The largest absolute Gasteiger partial charge is 0.393 e. The van der Waals surface area contributed by atoms with Gasteiger partial charge in [0.15, 0.2) is 0 Å². The van der Waals surface area contributed by atoms with E-state index in [4.69, 9.17) is 0 Å². The molecule has 2 rings (SSSR count). The van der Waals surface area contributed by atoms with Crippen LogP contribution in [-0.2, 0) is 6.54 Å². The maximum Gasteiger partial charge on any atom is 0.263 e. The summed E-state index contributed by atoms with van der Waals surface area (Å²) in [4.78, 5) is 0. The number of aliphatic hydroxyl groups excluding tert-OH is 1. The van der Waals surface area contributed by atoms with Gasteiger partial charge >= 0.3 is 0 Å². The predicted molar refractivity (Wildman–Crippen MR) is 66.5 cm³/mol. The minimum absolute atomic E-state index is 0.0619. The topological polar surface area (TPSA) is 32.3 Å². The Morgan fingerprint density at radius 1 is 1.22 bits per heavy atom. The summed E-state index contributed by atoms with van der Waals surface area (Å²) in [6.45, 7) is 0.668. The van der Waals surface area contributed by atoms with Crippen LogP contribution in [0.4, 0.5) is 8.78 Å². The molecule has 2 nitrogen and oxygen atoms in total. The number of nitrogens with one attached hydrogen (secondary N) is 1. The monoisotopic (exact) mass is 255 g/mol. The number of alkyl halides is 2. The lowest BCUT2D eigenvalue weighted by Gasteiger charge is -2.26. The molecule has 0 spiro atoms. The molecule has 1 aromatic carbocycles. The zero-order chi connectivity index (χ0) is 13.0. The van der Waals surface area contributed by atoms with Crippen molar-refractivity contribution in [3.8, 4) is 0 Å². The Labute approximate surface area is 106 Å². The quantitative estimate of drug-likeness (QED) is 0.866. The summed E-state index contributed by atoms with van der Waals surface area (Å²) in [5.41, 5.74) is 1.06. The maximum absolute atomic E-state index is 12.4. The average molecular weight is 255 g/mol. The molecule has 0 aliphatic heterocycles. The van der Waals surface area contributed by atoms with Crippen LogP contribution in [0.15, 0.2) is 24.3 Å². The molecule has 1 saturated carbocycles. The van der Waals surface area contributed by atoms with Gasteiger partial charge in [-0.1, -0.05) is 24.3 Å². The van der Waals surface area contributed by atoms with Crippen LogP contribution in [0.25, 0.3) is 0 Å². The fourth-order valence-electron chi connectivity index (χ4n) is 2.39. The maximum atomic E-state index is 12.4. The molecule has 1 fully saturated rings. The second-order valence-corrected chi connectivity index (χ2v) is 4.94. The third kappa shape index (κ3) is 3.75. The van der Waals surface area contributed by atoms with Gasteiger partial charge in [0.05, 0.1) is 6.10 Å². The molecule has 0 saturated heterocycles. The van der Waals surface area contributed by atoms with Gasteiger partial charge in [0, 0.05) is 18.2 Å². The van der Waals surface area contributed by atoms with Crippen LogP contribution in [0.3, 0.4) is 0 Å². The Kier molecular flexibility index (Phi) is 4.66. The number of halogens is 2. The standard InChI is InChI=1S/C14H19F2NO/c15-14(16)11-6-4-10(5-7-11)9-17-12-2-1-3-13(18)8-12/h4-7,12-14,17-18H,1-3,8-9H2. The van der Waals surface area contributed by atoms with Gasteiger partial charge in [-0.2, -0.15) is 0 Å². The minimum atomic E-state index is -2.40. The summed E-state index contributed by atoms with van der Waals surface area (Å²) in [5.74, 6) is 0. The van der Waals surface area contributed by atoms with Crippen LogP contribution < -0.4 is 5.32 Å². The lowest BCUT2D eigenvalue weighted by Crippen LogP contribution is -2.35. The molecule has 2 N–H and O–H groups in total. The highest BCUT2D eigenvalue weighted by Crippen LogP contribution is 2.20. The molecule has 0 heterocycles. The van der Waals surface area contributed by atoms with Crippen molar-refractivity contribution in [2.45, 2.75) is 50.8 Å². The zero-order valence-corrected chi connectivity index (χ0v) is 10.3. The van der Waals surface area contributed by atoms with Gasteiger partial charge in [0.2, 0.25) is 0 Å². The fraction of sp³-hybridized carbons (Fsp3) is 0.571. The van der Waals surface area contributed by atoms with Gasteiger partial charge in [-0.3, -0.25) is 0 Å². The molecular weight excluding hydrogens is 236 g/mol. The fourth-order valence-corrected chi connectivity index (χ4v) is 2.39. The van der Waals surface area contributed by atoms with E-state index in [0.717, 1.165) is 31.2 Å². The smallest absolute Gasteiger partial charge is 0.263 e. The van der Waals surface area contributed by atoms with E-state index in [-0.39, 0.29) is 11.7 Å². The lowest BCUT2D eigenvalue weighted by atomic mass is 9.93. The highest BCUT2D eigenvalue weighted by molar-refractivity contribution is 5.23. The van der Waals surface area contributed by atoms with E-state index in [1.165, 1.54) is 12.1 Å². The normalized spacial score (nSPS) is 24.4. The first-order valence-electron chi connectivity index (χ1n) is 6.43. The van der Waals surface area contributed by atoms with Crippen LogP contribution in [0.5, 0.6) is 0 Å². The third-order valence-electron chi connectivity index (χ3n) is 3.47. The van der Waals surface area contributed by atoms with Crippen molar-refractivity contribution in [1.29, 1.82) is 0 Å². The summed E-state index contributed by atoms with van der Waals surface area (Å²) in [6.07, 6.45) is 1.20. The van der Waals surface area contributed by atoms with Crippen LogP contribution >= 0.6 is 0 Å². The zero-order valence-electron chi connectivity index (χ0n) is 10.3. The molecular formula is C14H19F2NO. The SMILES string of the molecule is OC1CCCC(NCc2ccc(C(F)F)cc2)C1. The van der Waals surface area contributed by atoms with Crippen LogP contribution in [-0.4, -0.2) is 17.3 Å². The molecule has 4 heteroatoms. The van der Waals surface area contributed by atoms with Gasteiger partial charge in [-0.05, 0) is 31.2 Å². The molecule has 1 aromatic rings. The molecule has 0 bridgehead atoms. The van der Waals surface area contributed by atoms with E-state index in [9.17, 15) is 13.9 Å². The van der Waals surface area contributed by atoms with Crippen molar-refractivity contribution < 1.29 is 13.9 Å². The van der Waals surface area contributed by atoms with Gasteiger partial charge in [0.1, 0.15) is 0 Å². The second kappa shape index (κ2) is 6.25. The Balaban J connectivity index is 1.82. The van der Waals surface area contributed by atoms with Crippen molar-refractivity contribution in [3.05, 3.63) is 35.4 Å². The average Bonchev–Trinajstić information content (AvgIpc) is 2.37. The minimum Gasteiger partial charge on any atom is -0.393 e. The molecule has 2 atom stereocenters. The van der Waals surface area contributed by atoms with Crippen LogP contribution in [0.1, 0.15) is 43.2 Å². The summed E-state index contributed by atoms with van der Waals surface area (Å²) in [7, 11) is 0. The molecule has 1 aliphatic rings. The molecule has 18 heavy (non-hydrogen) atoms. The number of hydrogen-bond donors (Lipinski definition) is 2. The van der Waals surface area contributed by atoms with E-state index in [1.54, 1.807) is 12.1 Å². The molecule has 1 aliphatic carbocycles. The molecule has 2 unspecified atom stereocenters. The highest BCUT2D eigenvalue weighted by Gasteiger charge is 2.19. The van der Waals surface area contributed by atoms with Crippen molar-refractivity contribution >= 4 is 0 Å². The molecule has 0 amide bonds. The van der Waals surface area contributed by atoms with E-state index in [1.807, 2.05) is 0 Å². The van der Waals surface area contributed by atoms with Gasteiger partial charge < -0.3 is 10.4 Å². The summed E-state index contributed by atoms with van der Waals surface area (Å²) < 4.78 is 24.8. The van der Waals surface area contributed by atoms with Crippen LogP contribution in [0.2, 0.25) is 0 Å². The Morgan fingerprint density at radius 2 is 1.94 bits per heavy atom. The van der Waals surface area contributed by atoms with Crippen molar-refractivity contribution in [3.63, 3.8) is 0 Å². The van der Waals surface area contributed by atoms with E-state index < -0.39 is 6.43 Å². The Hall–Kier alpha value is -1.00. The summed E-state index contributed by atoms with van der Waals surface area (Å²) in [6, 6.07) is 6.74. The summed E-state index contributed by atoms with van der Waals surface area (Å²) in [5, 5.41) is 12.9. The van der Waals surface area contributed by atoms with E-state index in [0.29, 0.717) is 12.6 Å². The van der Waals surface area contributed by atoms with Gasteiger partial charge in [-0.25, -0.2) is 8.78 Å². The first-order valence-corrected chi connectivity index (χ1v) is 6.43. The van der Waals surface area contributed by atoms with E-state index >= 15 is 0 Å². The summed E-state index contributed by atoms with van der Waals surface area (Å²) >= 11 is 0. The molecule has 0 aromatic heterocycles. The number of aliphatic hydroxyl groups is 1. The van der Waals surface area contributed by atoms with Crippen molar-refractivity contribution in [1.82, 2.24) is 5.32 Å². The van der Waals surface area contributed by atoms with E-state index in [2.05, 4.69) is 5.32 Å². The Morgan fingerprint density at radius 3 is 2.56 bits per heavy atom. The number of benzene rings is 1. The molecule has 100 valence electrons. The van der Waals surface area contributed by atoms with Crippen LogP contribution in [0, 0.1) is 0 Å². The predicted octanol–water partition coefficient (Wildman–Crippen LogP) is 3.02. The van der Waals surface area contributed by atoms with Crippen molar-refractivity contribution in [2.75, 3.05) is 0 Å². The number of rotatable bonds is 4. The first kappa shape index (κ1) is 13.4. The number of hydrogen-bond acceptors (Lipinski definition) is 2. The second-order valence-electron chi connectivity index (χ2n) is 4.94. The van der Waals surface area contributed by atoms with Gasteiger partial charge in [0.25, 0.3) is 6.43 Å². The lowest BCUT2D eigenvalue weighted by molar-refractivity contribution is 0.111. The van der Waals surface area contributed by atoms with Crippen molar-refractivity contribution in [2.24, 2.45) is 0 Å².